The highest BCUT2D eigenvalue weighted by atomic mass is 16.3. The van der Waals surface area contributed by atoms with Crippen molar-refractivity contribution in [2.24, 2.45) is 11.1 Å². The van der Waals surface area contributed by atoms with E-state index >= 15 is 0 Å². The Morgan fingerprint density at radius 2 is 2.12 bits per heavy atom. The molecule has 0 aliphatic heterocycles. The fourth-order valence-corrected chi connectivity index (χ4v) is 2.67. The van der Waals surface area contributed by atoms with Gasteiger partial charge in [-0.05, 0) is 31.1 Å². The van der Waals surface area contributed by atoms with E-state index in [0.29, 0.717) is 11.9 Å². The lowest BCUT2D eigenvalue weighted by atomic mass is 9.89. The number of nitrogens with two attached hydrogens (primary N) is 1. The molecule has 92 valence electrons. The average molecular weight is 225 g/mol. The molecule has 0 aromatic rings. The Bertz CT molecular complexity index is 259. The minimum atomic E-state index is 0.243. The Labute approximate surface area is 97.3 Å². The van der Waals surface area contributed by atoms with Crippen molar-refractivity contribution in [3.63, 3.8) is 0 Å². The van der Waals surface area contributed by atoms with Crippen molar-refractivity contribution in [3.8, 4) is 0 Å². The Balaban J connectivity index is 1.86. The zero-order chi connectivity index (χ0) is 11.6. The van der Waals surface area contributed by atoms with Gasteiger partial charge in [0.15, 0.2) is 0 Å². The number of hydrogen-bond donors (Lipinski definition) is 3. The molecule has 2 fully saturated rings. The number of amidine groups is 1. The van der Waals surface area contributed by atoms with E-state index in [1.807, 2.05) is 0 Å². The third-order valence-electron chi connectivity index (χ3n) is 4.04. The average Bonchev–Trinajstić information content (AvgIpc) is 2.80. The van der Waals surface area contributed by atoms with Crippen molar-refractivity contribution in [3.05, 3.63) is 0 Å². The second kappa shape index (κ2) is 4.72. The third-order valence-corrected chi connectivity index (χ3v) is 4.04. The second-order valence-corrected chi connectivity index (χ2v) is 5.48. The molecule has 2 rings (SSSR count). The first-order chi connectivity index (χ1) is 7.65. The Kier molecular flexibility index (Phi) is 3.50. The van der Waals surface area contributed by atoms with Crippen molar-refractivity contribution >= 4 is 5.84 Å². The van der Waals surface area contributed by atoms with Gasteiger partial charge >= 0.3 is 0 Å². The molecule has 0 radical (unpaired) electrons. The van der Waals surface area contributed by atoms with E-state index in [1.165, 1.54) is 32.1 Å². The SMILES string of the molecule is N=C(N)CC1(CN(CCO)C2CCC2)CC1. The summed E-state index contributed by atoms with van der Waals surface area (Å²) in [7, 11) is 0. The van der Waals surface area contributed by atoms with Crippen molar-refractivity contribution in [1.29, 1.82) is 5.41 Å². The van der Waals surface area contributed by atoms with Crippen LogP contribution >= 0.6 is 0 Å². The normalized spacial score (nSPS) is 23.1. The summed E-state index contributed by atoms with van der Waals surface area (Å²) in [6, 6.07) is 0.677. The van der Waals surface area contributed by atoms with Crippen LogP contribution in [0.3, 0.4) is 0 Å². The maximum Gasteiger partial charge on any atom is 0.0911 e. The van der Waals surface area contributed by atoms with E-state index in [0.717, 1.165) is 19.5 Å². The van der Waals surface area contributed by atoms with Gasteiger partial charge in [0.1, 0.15) is 0 Å². The van der Waals surface area contributed by atoms with Crippen LogP contribution in [0.25, 0.3) is 0 Å². The first-order valence-electron chi connectivity index (χ1n) is 6.33. The summed E-state index contributed by atoms with van der Waals surface area (Å²) in [5.74, 6) is 0.315. The maximum absolute atomic E-state index is 9.10. The van der Waals surface area contributed by atoms with Gasteiger partial charge in [-0.25, -0.2) is 0 Å². The molecule has 0 amide bonds. The summed E-state index contributed by atoms with van der Waals surface area (Å²) >= 11 is 0. The van der Waals surface area contributed by atoms with Crippen LogP contribution in [0.2, 0.25) is 0 Å². The van der Waals surface area contributed by atoms with Gasteiger partial charge in [0.25, 0.3) is 0 Å². The summed E-state index contributed by atoms with van der Waals surface area (Å²) in [6.07, 6.45) is 7.00. The molecule has 2 saturated carbocycles. The van der Waals surface area contributed by atoms with Crippen LogP contribution in [-0.4, -0.2) is 41.6 Å². The molecular weight excluding hydrogens is 202 g/mol. The molecule has 4 N–H and O–H groups in total. The summed E-state index contributed by atoms with van der Waals surface area (Å²) < 4.78 is 0. The molecule has 0 atom stereocenters. The monoisotopic (exact) mass is 225 g/mol. The molecule has 4 heteroatoms. The third kappa shape index (κ3) is 2.74. The predicted molar refractivity (Wildman–Crippen MR) is 64.5 cm³/mol. The predicted octanol–water partition coefficient (Wildman–Crippen LogP) is 0.939. The molecule has 0 aromatic carbocycles. The molecule has 0 unspecified atom stereocenters. The Morgan fingerprint density at radius 1 is 1.44 bits per heavy atom. The minimum absolute atomic E-state index is 0.243. The van der Waals surface area contributed by atoms with Crippen LogP contribution in [0.15, 0.2) is 0 Å². The van der Waals surface area contributed by atoms with Gasteiger partial charge in [-0.3, -0.25) is 10.3 Å². The van der Waals surface area contributed by atoms with Crippen LogP contribution in [0.1, 0.15) is 38.5 Å². The summed E-state index contributed by atoms with van der Waals surface area (Å²) in [5.41, 5.74) is 5.78. The summed E-state index contributed by atoms with van der Waals surface area (Å²) in [6.45, 7) is 2.05. The first-order valence-corrected chi connectivity index (χ1v) is 6.33. The molecule has 0 aromatic heterocycles. The van der Waals surface area contributed by atoms with Gasteiger partial charge < -0.3 is 10.8 Å². The van der Waals surface area contributed by atoms with Crippen LogP contribution in [0.4, 0.5) is 0 Å². The molecule has 2 aliphatic carbocycles. The Hall–Kier alpha value is -0.610. The van der Waals surface area contributed by atoms with Crippen LogP contribution < -0.4 is 5.73 Å². The van der Waals surface area contributed by atoms with Gasteiger partial charge in [-0.2, -0.15) is 0 Å². The van der Waals surface area contributed by atoms with Gasteiger partial charge in [0.2, 0.25) is 0 Å². The molecule has 4 nitrogen and oxygen atoms in total. The lowest BCUT2D eigenvalue weighted by Gasteiger charge is -2.39. The van der Waals surface area contributed by atoms with E-state index in [-0.39, 0.29) is 12.0 Å². The van der Waals surface area contributed by atoms with Gasteiger partial charge in [-0.15, -0.1) is 0 Å². The minimum Gasteiger partial charge on any atom is -0.395 e. The fraction of sp³-hybridized carbons (Fsp3) is 0.917. The molecule has 0 spiro atoms. The highest BCUT2D eigenvalue weighted by Crippen LogP contribution is 2.50. The van der Waals surface area contributed by atoms with E-state index in [9.17, 15) is 0 Å². The lowest BCUT2D eigenvalue weighted by molar-refractivity contribution is 0.0812. The van der Waals surface area contributed by atoms with Crippen LogP contribution in [0, 0.1) is 10.8 Å². The number of aliphatic hydroxyl groups excluding tert-OH is 1. The largest absolute Gasteiger partial charge is 0.395 e. The fourth-order valence-electron chi connectivity index (χ4n) is 2.67. The second-order valence-electron chi connectivity index (χ2n) is 5.48. The van der Waals surface area contributed by atoms with Crippen LogP contribution in [0.5, 0.6) is 0 Å². The van der Waals surface area contributed by atoms with Crippen molar-refractivity contribution in [2.75, 3.05) is 19.7 Å². The molecule has 16 heavy (non-hydrogen) atoms. The Morgan fingerprint density at radius 3 is 2.50 bits per heavy atom. The van der Waals surface area contributed by atoms with Gasteiger partial charge in [-0.1, -0.05) is 6.42 Å². The van der Waals surface area contributed by atoms with E-state index < -0.39 is 0 Å². The van der Waals surface area contributed by atoms with Crippen LogP contribution in [-0.2, 0) is 0 Å². The number of aliphatic hydroxyl groups is 1. The van der Waals surface area contributed by atoms with Gasteiger partial charge in [0.05, 0.1) is 12.4 Å². The lowest BCUT2D eigenvalue weighted by Crippen LogP contribution is -2.45. The molecule has 2 aliphatic rings. The summed E-state index contributed by atoms with van der Waals surface area (Å²) in [4.78, 5) is 2.42. The van der Waals surface area contributed by atoms with E-state index in [4.69, 9.17) is 16.2 Å². The standard InChI is InChI=1S/C12H23N3O/c13-11(14)8-12(4-5-12)9-15(6-7-16)10-2-1-3-10/h10,16H,1-9H2,(H3,13,14). The van der Waals surface area contributed by atoms with Crippen molar-refractivity contribution < 1.29 is 5.11 Å². The molecule has 0 saturated heterocycles. The maximum atomic E-state index is 9.10. The first kappa shape index (κ1) is 11.9. The number of nitrogens with zero attached hydrogens (tertiary/aromatic N) is 1. The molecular formula is C12H23N3O. The van der Waals surface area contributed by atoms with E-state index in [2.05, 4.69) is 4.90 Å². The van der Waals surface area contributed by atoms with Crippen molar-refractivity contribution in [1.82, 2.24) is 4.90 Å². The number of nitrogens with one attached hydrogen (secondary N) is 1. The zero-order valence-electron chi connectivity index (χ0n) is 9.91. The summed E-state index contributed by atoms with van der Waals surface area (Å²) in [5, 5.41) is 16.5. The van der Waals surface area contributed by atoms with Gasteiger partial charge in [0, 0.05) is 25.6 Å². The molecule has 0 heterocycles. The highest BCUT2D eigenvalue weighted by molar-refractivity contribution is 5.78. The quantitative estimate of drug-likeness (QED) is 0.446. The number of rotatable bonds is 7. The zero-order valence-corrected chi connectivity index (χ0v) is 9.91. The highest BCUT2D eigenvalue weighted by Gasteiger charge is 2.45. The van der Waals surface area contributed by atoms with Crippen molar-refractivity contribution in [2.45, 2.75) is 44.6 Å². The topological polar surface area (TPSA) is 73.3 Å². The smallest absolute Gasteiger partial charge is 0.0911 e. The number of hydrogen-bond acceptors (Lipinski definition) is 3. The van der Waals surface area contributed by atoms with E-state index in [1.54, 1.807) is 0 Å². The molecule has 0 bridgehead atoms.